The third kappa shape index (κ3) is 2.47. The Hall–Kier alpha value is -2.38. The van der Waals surface area contributed by atoms with Crippen molar-refractivity contribution in [2.75, 3.05) is 0 Å². The van der Waals surface area contributed by atoms with E-state index in [1.807, 2.05) is 12.1 Å². The average molecular weight is 328 g/mol. The Bertz CT molecular complexity index is 877. The Morgan fingerprint density at radius 2 is 1.96 bits per heavy atom. The number of hydrogen-bond donors (Lipinski definition) is 1. The summed E-state index contributed by atoms with van der Waals surface area (Å²) < 4.78 is 21.6. The quantitative estimate of drug-likeness (QED) is 0.590. The number of hydrogen-bond acceptors (Lipinski definition) is 4. The van der Waals surface area contributed by atoms with Gasteiger partial charge in [-0.15, -0.1) is 0 Å². The van der Waals surface area contributed by atoms with Crippen molar-refractivity contribution in [1.82, 2.24) is 19.7 Å². The molecule has 7 heteroatoms. The zero-order chi connectivity index (χ0) is 15.9. The summed E-state index contributed by atoms with van der Waals surface area (Å²) in [5, 5.41) is 2.99. The second-order valence-corrected chi connectivity index (χ2v) is 5.80. The lowest BCUT2D eigenvalue weighted by Crippen LogP contribution is -2.20. The molecule has 1 aromatic carbocycles. The summed E-state index contributed by atoms with van der Waals surface area (Å²) in [5.41, 5.74) is 1.33. The van der Waals surface area contributed by atoms with Crippen LogP contribution in [-0.2, 0) is 16.9 Å². The summed E-state index contributed by atoms with van der Waals surface area (Å²) in [7, 11) is 0. The van der Waals surface area contributed by atoms with Crippen molar-refractivity contribution < 1.29 is 9.13 Å². The van der Waals surface area contributed by atoms with E-state index in [0.717, 1.165) is 11.1 Å². The Labute approximate surface area is 136 Å². The van der Waals surface area contributed by atoms with Crippen LogP contribution in [0.5, 0.6) is 0 Å². The molecule has 23 heavy (non-hydrogen) atoms. The number of ether oxygens (including phenoxy) is 1. The van der Waals surface area contributed by atoms with Crippen LogP contribution in [0.2, 0.25) is 0 Å². The smallest absolute Gasteiger partial charge is 0.215 e. The highest BCUT2D eigenvalue weighted by molar-refractivity contribution is 7.71. The number of pyridine rings is 1. The van der Waals surface area contributed by atoms with Gasteiger partial charge in [-0.1, -0.05) is 12.1 Å². The van der Waals surface area contributed by atoms with Gasteiger partial charge in [-0.2, -0.15) is 0 Å². The van der Waals surface area contributed by atoms with Crippen molar-refractivity contribution in [3.05, 3.63) is 76.8 Å². The van der Waals surface area contributed by atoms with E-state index in [9.17, 15) is 4.39 Å². The molecule has 116 valence electrons. The number of aromatic amines is 1. The Morgan fingerprint density at radius 1 is 1.22 bits per heavy atom. The number of H-pyrrole nitrogens is 1. The molecule has 1 fully saturated rings. The van der Waals surface area contributed by atoms with Gasteiger partial charge in [-0.05, 0) is 47.6 Å². The van der Waals surface area contributed by atoms with Crippen LogP contribution in [0.3, 0.4) is 0 Å². The molecule has 2 aromatic heterocycles. The van der Waals surface area contributed by atoms with E-state index in [1.165, 1.54) is 12.1 Å². The van der Waals surface area contributed by atoms with Gasteiger partial charge in [-0.3, -0.25) is 14.8 Å². The van der Waals surface area contributed by atoms with Crippen LogP contribution in [-0.4, -0.2) is 19.7 Å². The predicted molar refractivity (Wildman–Crippen MR) is 83.6 cm³/mol. The third-order valence-electron chi connectivity index (χ3n) is 4.05. The fourth-order valence-electron chi connectivity index (χ4n) is 2.84. The average Bonchev–Trinajstić information content (AvgIpc) is 3.17. The SMILES string of the molecule is Fc1ccc(C2(Cn3[nH]cnc3=S)OC2c2ccncc2)cc1. The number of nitrogens with one attached hydrogen (secondary N) is 1. The van der Waals surface area contributed by atoms with Crippen molar-refractivity contribution in [2.24, 2.45) is 0 Å². The third-order valence-corrected chi connectivity index (χ3v) is 4.37. The lowest BCUT2D eigenvalue weighted by Gasteiger charge is -2.14. The first-order valence-corrected chi connectivity index (χ1v) is 7.54. The first-order valence-electron chi connectivity index (χ1n) is 7.13. The van der Waals surface area contributed by atoms with E-state index in [2.05, 4.69) is 15.1 Å². The fraction of sp³-hybridized carbons (Fsp3) is 0.188. The second kappa shape index (κ2) is 5.36. The van der Waals surface area contributed by atoms with E-state index in [-0.39, 0.29) is 11.9 Å². The predicted octanol–water partition coefficient (Wildman–Crippen LogP) is 3.14. The summed E-state index contributed by atoms with van der Waals surface area (Å²) in [5.74, 6) is -0.275. The van der Waals surface area contributed by atoms with Gasteiger partial charge in [0.1, 0.15) is 23.8 Å². The molecule has 1 saturated heterocycles. The van der Waals surface area contributed by atoms with Gasteiger partial charge in [-0.25, -0.2) is 9.37 Å². The molecular weight excluding hydrogens is 315 g/mol. The molecule has 0 amide bonds. The van der Waals surface area contributed by atoms with E-state index >= 15 is 0 Å². The first kappa shape index (κ1) is 14.2. The molecule has 3 aromatic rings. The second-order valence-electron chi connectivity index (χ2n) is 5.43. The van der Waals surface area contributed by atoms with E-state index < -0.39 is 5.60 Å². The van der Waals surface area contributed by atoms with E-state index in [0.29, 0.717) is 11.3 Å². The lowest BCUT2D eigenvalue weighted by molar-refractivity contribution is 0.261. The molecule has 1 aliphatic rings. The molecular formula is C16H13FN4OS. The Morgan fingerprint density at radius 3 is 2.61 bits per heavy atom. The minimum atomic E-state index is -0.597. The van der Waals surface area contributed by atoms with Gasteiger partial charge in [0, 0.05) is 12.4 Å². The van der Waals surface area contributed by atoms with Crippen LogP contribution < -0.4 is 0 Å². The zero-order valence-electron chi connectivity index (χ0n) is 12.0. The minimum absolute atomic E-state index is 0.138. The molecule has 0 aliphatic carbocycles. The summed E-state index contributed by atoms with van der Waals surface area (Å²) >= 11 is 5.20. The van der Waals surface area contributed by atoms with Crippen LogP contribution in [0.25, 0.3) is 0 Å². The molecule has 2 unspecified atom stereocenters. The fourth-order valence-corrected chi connectivity index (χ4v) is 3.01. The molecule has 0 bridgehead atoms. The van der Waals surface area contributed by atoms with Gasteiger partial charge < -0.3 is 4.74 Å². The number of benzene rings is 1. The molecule has 5 nitrogen and oxygen atoms in total. The minimum Gasteiger partial charge on any atom is -0.354 e. The van der Waals surface area contributed by atoms with Crippen molar-refractivity contribution >= 4 is 12.2 Å². The maximum Gasteiger partial charge on any atom is 0.215 e. The molecule has 1 aliphatic heterocycles. The van der Waals surface area contributed by atoms with Gasteiger partial charge in [0.2, 0.25) is 4.77 Å². The molecule has 4 rings (SSSR count). The maximum atomic E-state index is 13.3. The number of aromatic nitrogens is 4. The Kier molecular flexibility index (Phi) is 3.32. The lowest BCUT2D eigenvalue weighted by atomic mass is 9.92. The molecule has 1 N–H and O–H groups in total. The van der Waals surface area contributed by atoms with Crippen LogP contribution in [0.4, 0.5) is 4.39 Å². The van der Waals surface area contributed by atoms with Crippen molar-refractivity contribution in [3.8, 4) is 0 Å². The highest BCUT2D eigenvalue weighted by atomic mass is 32.1. The zero-order valence-corrected chi connectivity index (χ0v) is 12.8. The first-order chi connectivity index (χ1) is 11.2. The number of halogens is 1. The van der Waals surface area contributed by atoms with Gasteiger partial charge in [0.05, 0.1) is 6.54 Å². The molecule has 0 saturated carbocycles. The number of rotatable bonds is 4. The molecule has 0 radical (unpaired) electrons. The highest BCUT2D eigenvalue weighted by Gasteiger charge is 2.59. The summed E-state index contributed by atoms with van der Waals surface area (Å²) in [6, 6.07) is 10.2. The summed E-state index contributed by atoms with van der Waals surface area (Å²) in [6.45, 7) is 0.477. The normalized spacial score (nSPS) is 22.9. The summed E-state index contributed by atoms with van der Waals surface area (Å²) in [6.07, 6.45) is 4.87. The van der Waals surface area contributed by atoms with Crippen LogP contribution >= 0.6 is 12.2 Å². The van der Waals surface area contributed by atoms with Crippen molar-refractivity contribution in [3.63, 3.8) is 0 Å². The van der Waals surface area contributed by atoms with Gasteiger partial charge in [0.25, 0.3) is 0 Å². The topological polar surface area (TPSA) is 59.0 Å². The summed E-state index contributed by atoms with van der Waals surface area (Å²) in [4.78, 5) is 8.07. The van der Waals surface area contributed by atoms with E-state index in [1.54, 1.807) is 35.5 Å². The largest absolute Gasteiger partial charge is 0.354 e. The van der Waals surface area contributed by atoms with Crippen LogP contribution in [0, 0.1) is 10.6 Å². The highest BCUT2D eigenvalue weighted by Crippen LogP contribution is 2.57. The number of nitrogens with zero attached hydrogens (tertiary/aromatic N) is 3. The monoisotopic (exact) mass is 328 g/mol. The standard InChI is InChI=1S/C16H13FN4OS/c17-13-3-1-12(2-4-13)16(9-21-15(23)19-10-20-21)14(22-16)11-5-7-18-8-6-11/h1-8,10,14H,9H2,(H,19,20,23). The number of epoxide rings is 1. The van der Waals surface area contributed by atoms with Crippen LogP contribution in [0.15, 0.2) is 55.1 Å². The van der Waals surface area contributed by atoms with Crippen molar-refractivity contribution in [1.29, 1.82) is 0 Å². The van der Waals surface area contributed by atoms with Crippen molar-refractivity contribution in [2.45, 2.75) is 18.2 Å². The van der Waals surface area contributed by atoms with E-state index in [4.69, 9.17) is 17.0 Å². The van der Waals surface area contributed by atoms with Crippen LogP contribution in [0.1, 0.15) is 17.2 Å². The van der Waals surface area contributed by atoms with Gasteiger partial charge >= 0.3 is 0 Å². The molecule has 2 atom stereocenters. The molecule has 0 spiro atoms. The molecule has 3 heterocycles. The van der Waals surface area contributed by atoms with Gasteiger partial charge in [0.15, 0.2) is 0 Å². The maximum absolute atomic E-state index is 13.3. The Balaban J connectivity index is 1.75.